The van der Waals surface area contributed by atoms with Gasteiger partial charge in [0.05, 0.1) is 17.2 Å². The summed E-state index contributed by atoms with van der Waals surface area (Å²) >= 11 is 0. The molecule has 4 rings (SSSR count). The third-order valence-corrected chi connectivity index (χ3v) is 4.56. The van der Waals surface area contributed by atoms with Crippen molar-refractivity contribution in [3.05, 3.63) is 95.0 Å². The van der Waals surface area contributed by atoms with Gasteiger partial charge in [-0.3, -0.25) is 0 Å². The average Bonchev–Trinajstić information content (AvgIpc) is 2.67. The number of benzene rings is 2. The fourth-order valence-corrected chi connectivity index (χ4v) is 3.34. The van der Waals surface area contributed by atoms with Crippen LogP contribution in [-0.2, 0) is 0 Å². The highest BCUT2D eigenvalue weighted by Crippen LogP contribution is 2.39. The molecule has 0 aliphatic carbocycles. The molecule has 0 atom stereocenters. The monoisotopic (exact) mass is 354 g/mol. The minimum Gasteiger partial charge on any atom is -0.618 e. The number of nitrogens with zero attached hydrogens (tertiary/aromatic N) is 2. The van der Waals surface area contributed by atoms with Gasteiger partial charge in [-0.25, -0.2) is 0 Å². The zero-order valence-corrected chi connectivity index (χ0v) is 15.1. The second-order valence-electron chi connectivity index (χ2n) is 7.08. The Hall–Kier alpha value is -3.58. The van der Waals surface area contributed by atoms with Crippen molar-refractivity contribution in [1.82, 2.24) is 0 Å². The summed E-state index contributed by atoms with van der Waals surface area (Å²) in [5.74, 6) is 0.670. The maximum Gasteiger partial charge on any atom is 0.224 e. The van der Waals surface area contributed by atoms with Gasteiger partial charge in [0.15, 0.2) is 6.20 Å². The topological polar surface area (TPSA) is 60.0 Å². The number of ether oxygens (including phenoxy) is 1. The molecule has 2 aromatic carbocycles. The summed E-state index contributed by atoms with van der Waals surface area (Å²) in [7, 11) is 0. The first-order valence-electron chi connectivity index (χ1n) is 8.72. The summed E-state index contributed by atoms with van der Waals surface area (Å²) in [6.45, 7) is 3.89. The van der Waals surface area contributed by atoms with E-state index in [1.54, 1.807) is 24.4 Å². The summed E-state index contributed by atoms with van der Waals surface area (Å²) in [6, 6.07) is 21.0. The molecule has 0 bridgehead atoms. The van der Waals surface area contributed by atoms with Crippen LogP contribution in [0.1, 0.15) is 30.7 Å². The van der Waals surface area contributed by atoms with Gasteiger partial charge in [0.2, 0.25) is 5.69 Å². The van der Waals surface area contributed by atoms with E-state index in [0.717, 1.165) is 27.0 Å². The van der Waals surface area contributed by atoms with E-state index in [2.05, 4.69) is 6.07 Å². The van der Waals surface area contributed by atoms with Gasteiger partial charge in [0.1, 0.15) is 11.4 Å². The number of rotatable bonds is 2. The van der Waals surface area contributed by atoms with Crippen molar-refractivity contribution in [3.63, 3.8) is 0 Å². The van der Waals surface area contributed by atoms with Gasteiger partial charge in [-0.15, -0.1) is 0 Å². The molecule has 1 aliphatic rings. The van der Waals surface area contributed by atoms with E-state index < -0.39 is 5.60 Å². The first-order chi connectivity index (χ1) is 13.0. The van der Waals surface area contributed by atoms with Gasteiger partial charge in [-0.05, 0) is 49.8 Å². The Morgan fingerprint density at radius 3 is 2.48 bits per heavy atom. The molecule has 3 aromatic rings. The van der Waals surface area contributed by atoms with Gasteiger partial charge in [0.25, 0.3) is 0 Å². The van der Waals surface area contributed by atoms with E-state index >= 15 is 0 Å². The smallest absolute Gasteiger partial charge is 0.224 e. The van der Waals surface area contributed by atoms with Crippen LogP contribution in [0.3, 0.4) is 0 Å². The third kappa shape index (κ3) is 3.16. The fraction of sp³-hybridized carbons (Fsp3) is 0.130. The molecule has 27 heavy (non-hydrogen) atoms. The maximum atomic E-state index is 12.9. The van der Waals surface area contributed by atoms with E-state index in [9.17, 15) is 10.5 Å². The molecule has 0 radical (unpaired) electrons. The zero-order valence-electron chi connectivity index (χ0n) is 15.1. The lowest BCUT2D eigenvalue weighted by Crippen LogP contribution is -2.35. The molecule has 132 valence electrons. The lowest BCUT2D eigenvalue weighted by molar-refractivity contribution is -0.607. The van der Waals surface area contributed by atoms with Crippen LogP contribution >= 0.6 is 0 Å². The Kier molecular flexibility index (Phi) is 3.93. The lowest BCUT2D eigenvalue weighted by Gasteiger charge is -2.30. The van der Waals surface area contributed by atoms with Gasteiger partial charge in [0, 0.05) is 17.2 Å². The summed E-state index contributed by atoms with van der Waals surface area (Å²) in [5.41, 5.74) is 3.87. The molecule has 1 aliphatic heterocycles. The number of hydrogen-bond acceptors (Lipinski definition) is 3. The predicted molar refractivity (Wildman–Crippen MR) is 104 cm³/mol. The standard InChI is InChI=1S/C23H18N2O2/c1-23(2)13-20(19-12-16(14-24)8-11-22(19)27-23)21-10-9-18(15-25(21)26)17-6-4-3-5-7-17/h3-13,15H,1-2H3. The SMILES string of the molecule is CC1(C)C=C(c2ccc(-c3ccccc3)c[n+]2[O-])c2cc(C#N)ccc2O1. The Bertz CT molecular complexity index is 1090. The first kappa shape index (κ1) is 16.9. The van der Waals surface area contributed by atoms with E-state index in [1.807, 2.05) is 62.4 Å². The molecule has 0 saturated heterocycles. The predicted octanol–water partition coefficient (Wildman–Crippen LogP) is 4.46. The summed E-state index contributed by atoms with van der Waals surface area (Å²) in [4.78, 5) is 0. The van der Waals surface area contributed by atoms with Crippen LogP contribution in [0, 0.1) is 16.5 Å². The van der Waals surface area contributed by atoms with E-state index in [1.165, 1.54) is 0 Å². The van der Waals surface area contributed by atoms with Gasteiger partial charge < -0.3 is 9.94 Å². The second kappa shape index (κ2) is 6.30. The van der Waals surface area contributed by atoms with Crippen molar-refractivity contribution in [3.8, 4) is 22.9 Å². The Morgan fingerprint density at radius 2 is 1.78 bits per heavy atom. The molecule has 0 N–H and O–H groups in total. The second-order valence-corrected chi connectivity index (χ2v) is 7.08. The average molecular weight is 354 g/mol. The van der Waals surface area contributed by atoms with Gasteiger partial charge >= 0.3 is 0 Å². The highest BCUT2D eigenvalue weighted by atomic mass is 16.5. The quantitative estimate of drug-likeness (QED) is 0.504. The van der Waals surface area contributed by atoms with Crippen molar-refractivity contribution >= 4 is 5.57 Å². The molecule has 0 saturated carbocycles. The van der Waals surface area contributed by atoms with E-state index in [0.29, 0.717) is 17.0 Å². The van der Waals surface area contributed by atoms with Crippen molar-refractivity contribution in [1.29, 1.82) is 5.26 Å². The number of aromatic nitrogens is 1. The molecule has 1 aromatic heterocycles. The Morgan fingerprint density at radius 1 is 1.00 bits per heavy atom. The minimum atomic E-state index is -0.554. The summed E-state index contributed by atoms with van der Waals surface area (Å²) < 4.78 is 6.89. The van der Waals surface area contributed by atoms with Crippen LogP contribution < -0.4 is 9.47 Å². The highest BCUT2D eigenvalue weighted by Gasteiger charge is 2.30. The third-order valence-electron chi connectivity index (χ3n) is 4.56. The Balaban J connectivity index is 1.85. The highest BCUT2D eigenvalue weighted by molar-refractivity contribution is 5.83. The molecular weight excluding hydrogens is 336 g/mol. The van der Waals surface area contributed by atoms with Crippen LogP contribution in [0.5, 0.6) is 5.75 Å². The van der Waals surface area contributed by atoms with Crippen LogP contribution in [0.4, 0.5) is 0 Å². The van der Waals surface area contributed by atoms with Crippen molar-refractivity contribution in [2.24, 2.45) is 0 Å². The molecule has 0 fully saturated rings. The zero-order chi connectivity index (χ0) is 19.0. The molecular formula is C23H18N2O2. The number of hydrogen-bond donors (Lipinski definition) is 0. The fourth-order valence-electron chi connectivity index (χ4n) is 3.34. The van der Waals surface area contributed by atoms with Crippen LogP contribution in [-0.4, -0.2) is 5.60 Å². The Labute approximate surface area is 158 Å². The lowest BCUT2D eigenvalue weighted by atomic mass is 9.91. The van der Waals surface area contributed by atoms with Gasteiger partial charge in [-0.2, -0.15) is 9.99 Å². The van der Waals surface area contributed by atoms with Crippen LogP contribution in [0.15, 0.2) is 72.9 Å². The largest absolute Gasteiger partial charge is 0.618 e. The van der Waals surface area contributed by atoms with Crippen LogP contribution in [0.25, 0.3) is 16.7 Å². The number of nitriles is 1. The van der Waals surface area contributed by atoms with Crippen molar-refractivity contribution < 1.29 is 9.47 Å². The normalized spacial score (nSPS) is 14.5. The first-order valence-corrected chi connectivity index (χ1v) is 8.72. The minimum absolute atomic E-state index is 0.529. The van der Waals surface area contributed by atoms with E-state index in [-0.39, 0.29) is 0 Å². The molecule has 0 amide bonds. The summed E-state index contributed by atoms with van der Waals surface area (Å²) in [5, 5.41) is 22.1. The maximum absolute atomic E-state index is 12.9. The van der Waals surface area contributed by atoms with Crippen molar-refractivity contribution in [2.45, 2.75) is 19.4 Å². The summed E-state index contributed by atoms with van der Waals surface area (Å²) in [6.07, 6.45) is 3.52. The van der Waals surface area contributed by atoms with Gasteiger partial charge in [-0.1, -0.05) is 30.3 Å². The van der Waals surface area contributed by atoms with Crippen molar-refractivity contribution in [2.75, 3.05) is 0 Å². The van der Waals surface area contributed by atoms with Crippen LogP contribution in [0.2, 0.25) is 0 Å². The molecule has 4 nitrogen and oxygen atoms in total. The van der Waals surface area contributed by atoms with E-state index in [4.69, 9.17) is 4.74 Å². The number of pyridine rings is 1. The number of fused-ring (bicyclic) bond motifs is 1. The molecule has 4 heteroatoms. The molecule has 0 unspecified atom stereocenters. The molecule has 0 spiro atoms. The molecule has 2 heterocycles.